The second kappa shape index (κ2) is 3.02. The van der Waals surface area contributed by atoms with Gasteiger partial charge >= 0.3 is 0 Å². The first kappa shape index (κ1) is 8.55. The van der Waals surface area contributed by atoms with Crippen molar-refractivity contribution in [2.75, 3.05) is 13.2 Å². The summed E-state index contributed by atoms with van der Waals surface area (Å²) >= 11 is 5.99. The molecular weight excluding hydrogens is 186 g/mol. The van der Waals surface area contributed by atoms with E-state index in [2.05, 4.69) is 6.07 Å². The van der Waals surface area contributed by atoms with Crippen molar-refractivity contribution < 1.29 is 4.74 Å². The minimum Gasteiger partial charge on any atom is -0.377 e. The van der Waals surface area contributed by atoms with Crippen LogP contribution in [0.4, 0.5) is 0 Å². The Balaban J connectivity index is 2.46. The summed E-state index contributed by atoms with van der Waals surface area (Å²) in [6.45, 7) is 0.903. The predicted molar refractivity (Wildman–Crippen MR) is 49.6 cm³/mol. The highest BCUT2D eigenvalue weighted by molar-refractivity contribution is 6.31. The molecule has 0 N–H and O–H groups in total. The molecule has 0 radical (unpaired) electrons. The van der Waals surface area contributed by atoms with Gasteiger partial charge in [-0.25, -0.2) is 0 Å². The van der Waals surface area contributed by atoms with Gasteiger partial charge in [-0.3, -0.25) is 0 Å². The fourth-order valence-electron chi connectivity index (χ4n) is 1.44. The van der Waals surface area contributed by atoms with Crippen LogP contribution in [0.1, 0.15) is 5.56 Å². The zero-order valence-electron chi connectivity index (χ0n) is 6.96. The molecule has 0 spiro atoms. The monoisotopic (exact) mass is 193 g/mol. The van der Waals surface area contributed by atoms with Crippen molar-refractivity contribution in [1.29, 1.82) is 5.26 Å². The molecule has 1 aliphatic heterocycles. The van der Waals surface area contributed by atoms with Crippen LogP contribution in [0, 0.1) is 11.3 Å². The van der Waals surface area contributed by atoms with E-state index in [9.17, 15) is 0 Å². The van der Waals surface area contributed by atoms with Gasteiger partial charge in [0, 0.05) is 5.02 Å². The van der Waals surface area contributed by atoms with Crippen LogP contribution in [0.2, 0.25) is 5.02 Å². The summed E-state index contributed by atoms with van der Waals surface area (Å²) in [6, 6.07) is 9.69. The molecule has 13 heavy (non-hydrogen) atoms. The van der Waals surface area contributed by atoms with Crippen LogP contribution in [-0.2, 0) is 10.2 Å². The second-order valence-corrected chi connectivity index (χ2v) is 3.57. The van der Waals surface area contributed by atoms with Crippen molar-refractivity contribution in [2.24, 2.45) is 0 Å². The Bertz CT molecular complexity index is 365. The minimum absolute atomic E-state index is 0.452. The first-order chi connectivity index (χ1) is 6.28. The largest absolute Gasteiger partial charge is 0.377 e. The summed E-state index contributed by atoms with van der Waals surface area (Å²) in [6.07, 6.45) is 0. The first-order valence-electron chi connectivity index (χ1n) is 4.02. The summed E-state index contributed by atoms with van der Waals surface area (Å²) in [5.41, 5.74) is 0.378. The SMILES string of the molecule is N#CC1(c2ccccc2Cl)COC1. The van der Waals surface area contributed by atoms with Gasteiger partial charge in [-0.05, 0) is 11.6 Å². The van der Waals surface area contributed by atoms with E-state index in [1.54, 1.807) is 6.07 Å². The van der Waals surface area contributed by atoms with Crippen LogP contribution in [0.15, 0.2) is 24.3 Å². The first-order valence-corrected chi connectivity index (χ1v) is 4.40. The van der Waals surface area contributed by atoms with E-state index in [0.717, 1.165) is 5.56 Å². The molecule has 1 saturated heterocycles. The van der Waals surface area contributed by atoms with Crippen molar-refractivity contribution in [2.45, 2.75) is 5.41 Å². The Labute approximate surface area is 81.7 Å². The normalized spacial score (nSPS) is 18.8. The molecule has 0 atom stereocenters. The van der Waals surface area contributed by atoms with Gasteiger partial charge in [-0.1, -0.05) is 29.8 Å². The van der Waals surface area contributed by atoms with Gasteiger partial charge in [-0.15, -0.1) is 0 Å². The van der Waals surface area contributed by atoms with Crippen LogP contribution >= 0.6 is 11.6 Å². The van der Waals surface area contributed by atoms with E-state index < -0.39 is 5.41 Å². The number of halogens is 1. The maximum absolute atomic E-state index is 9.03. The third-order valence-corrected chi connectivity index (χ3v) is 2.63. The minimum atomic E-state index is -0.502. The van der Waals surface area contributed by atoms with Crippen LogP contribution < -0.4 is 0 Å². The summed E-state index contributed by atoms with van der Waals surface area (Å²) in [4.78, 5) is 0. The summed E-state index contributed by atoms with van der Waals surface area (Å²) in [5.74, 6) is 0. The molecule has 0 saturated carbocycles. The third-order valence-electron chi connectivity index (χ3n) is 2.30. The molecule has 0 bridgehead atoms. The van der Waals surface area contributed by atoms with Crippen molar-refractivity contribution in [1.82, 2.24) is 0 Å². The Morgan fingerprint density at radius 2 is 2.08 bits per heavy atom. The molecule has 1 fully saturated rings. The van der Waals surface area contributed by atoms with Gasteiger partial charge in [0.2, 0.25) is 0 Å². The standard InChI is InChI=1S/C10H8ClNO/c11-9-4-2-1-3-8(9)10(5-12)6-13-7-10/h1-4H,6-7H2. The highest BCUT2D eigenvalue weighted by Crippen LogP contribution is 2.35. The number of hydrogen-bond acceptors (Lipinski definition) is 2. The predicted octanol–water partition coefficient (Wildman–Crippen LogP) is 2.13. The fourth-order valence-corrected chi connectivity index (χ4v) is 1.75. The van der Waals surface area contributed by atoms with E-state index in [0.29, 0.717) is 18.2 Å². The topological polar surface area (TPSA) is 33.0 Å². The maximum Gasteiger partial charge on any atom is 0.130 e. The smallest absolute Gasteiger partial charge is 0.130 e. The molecule has 2 nitrogen and oxygen atoms in total. The lowest BCUT2D eigenvalue weighted by Crippen LogP contribution is -2.45. The number of rotatable bonds is 1. The summed E-state index contributed by atoms with van der Waals surface area (Å²) in [5, 5.41) is 9.67. The van der Waals surface area contributed by atoms with E-state index in [1.165, 1.54) is 0 Å². The highest BCUT2D eigenvalue weighted by Gasteiger charge is 2.42. The molecule has 0 aromatic heterocycles. The zero-order valence-corrected chi connectivity index (χ0v) is 7.71. The molecule has 2 rings (SSSR count). The van der Waals surface area contributed by atoms with Crippen LogP contribution in [0.25, 0.3) is 0 Å². The van der Waals surface area contributed by atoms with Crippen molar-refractivity contribution in [3.05, 3.63) is 34.9 Å². The highest BCUT2D eigenvalue weighted by atomic mass is 35.5. The van der Waals surface area contributed by atoms with Gasteiger partial charge in [0.1, 0.15) is 5.41 Å². The molecule has 0 unspecified atom stereocenters. The van der Waals surface area contributed by atoms with E-state index in [1.807, 2.05) is 18.2 Å². The van der Waals surface area contributed by atoms with E-state index in [4.69, 9.17) is 21.6 Å². The fraction of sp³-hybridized carbons (Fsp3) is 0.300. The molecule has 1 aliphatic rings. The Morgan fingerprint density at radius 3 is 2.54 bits per heavy atom. The van der Waals surface area contributed by atoms with E-state index in [-0.39, 0.29) is 0 Å². The zero-order chi connectivity index (χ0) is 9.31. The number of nitriles is 1. The average Bonchev–Trinajstić information content (AvgIpc) is 2.07. The Hall–Kier alpha value is -1.04. The van der Waals surface area contributed by atoms with Crippen LogP contribution in [0.5, 0.6) is 0 Å². The number of nitrogens with zero attached hydrogens (tertiary/aromatic N) is 1. The number of ether oxygens (including phenoxy) is 1. The van der Waals surface area contributed by atoms with Crippen LogP contribution in [0.3, 0.4) is 0 Å². The molecule has 66 valence electrons. The van der Waals surface area contributed by atoms with Crippen molar-refractivity contribution >= 4 is 11.6 Å². The van der Waals surface area contributed by atoms with Gasteiger partial charge in [0.05, 0.1) is 19.3 Å². The lowest BCUT2D eigenvalue weighted by atomic mass is 9.80. The summed E-state index contributed by atoms with van der Waals surface area (Å²) in [7, 11) is 0. The number of hydrogen-bond donors (Lipinski definition) is 0. The molecule has 0 amide bonds. The molecule has 1 aromatic carbocycles. The average molecular weight is 194 g/mol. The number of benzene rings is 1. The third kappa shape index (κ3) is 1.21. The van der Waals surface area contributed by atoms with Gasteiger partial charge < -0.3 is 4.74 Å². The Morgan fingerprint density at radius 1 is 1.38 bits per heavy atom. The molecule has 1 aromatic rings. The van der Waals surface area contributed by atoms with Gasteiger partial charge in [-0.2, -0.15) is 5.26 Å². The van der Waals surface area contributed by atoms with Gasteiger partial charge in [0.25, 0.3) is 0 Å². The van der Waals surface area contributed by atoms with Gasteiger partial charge in [0.15, 0.2) is 0 Å². The van der Waals surface area contributed by atoms with E-state index >= 15 is 0 Å². The van der Waals surface area contributed by atoms with Crippen LogP contribution in [-0.4, -0.2) is 13.2 Å². The quantitative estimate of drug-likeness (QED) is 0.685. The Kier molecular flexibility index (Phi) is 1.99. The second-order valence-electron chi connectivity index (χ2n) is 3.17. The summed E-state index contributed by atoms with van der Waals surface area (Å²) < 4.78 is 5.06. The van der Waals surface area contributed by atoms with Crippen molar-refractivity contribution in [3.63, 3.8) is 0 Å². The molecule has 1 heterocycles. The maximum atomic E-state index is 9.03. The molecular formula is C10H8ClNO. The lowest BCUT2D eigenvalue weighted by molar-refractivity contribution is -0.0297. The molecule has 0 aliphatic carbocycles. The molecule has 3 heteroatoms. The lowest BCUT2D eigenvalue weighted by Gasteiger charge is -2.35. The van der Waals surface area contributed by atoms with Crippen molar-refractivity contribution in [3.8, 4) is 6.07 Å².